The van der Waals surface area contributed by atoms with Crippen molar-refractivity contribution in [2.45, 2.75) is 167 Å². The minimum Gasteiger partial charge on any atom is -0.244 e. The molecule has 0 radical (unpaired) electrons. The minimum absolute atomic E-state index is 0.435. The molecule has 0 aromatic carbocycles. The number of hydrogen-bond acceptors (Lipinski definition) is 0. The van der Waals surface area contributed by atoms with Crippen LogP contribution in [0.2, 0.25) is 6.04 Å². The lowest BCUT2D eigenvalue weighted by molar-refractivity contribution is 0.151. The lowest BCUT2D eigenvalue weighted by atomic mass is 9.92. The van der Waals surface area contributed by atoms with E-state index in [-0.39, 0.29) is 0 Å². The Morgan fingerprint density at radius 2 is 0.767 bits per heavy atom. The van der Waals surface area contributed by atoms with E-state index in [1.54, 1.807) is 0 Å². The number of alkyl halides is 1. The van der Waals surface area contributed by atoms with Crippen LogP contribution in [0.1, 0.15) is 155 Å². The van der Waals surface area contributed by atoms with Crippen LogP contribution in [-0.2, 0) is 0 Å². The summed E-state index contributed by atoms with van der Waals surface area (Å²) < 4.78 is 15.4. The van der Waals surface area contributed by atoms with Crippen LogP contribution in [0, 0.1) is 0 Å². The first-order chi connectivity index (χ1) is 14.5. The summed E-state index contributed by atoms with van der Waals surface area (Å²) in [5.74, 6) is 0. The Kier molecular flexibility index (Phi) is 23.5. The van der Waals surface area contributed by atoms with Crippen LogP contribution in [0.5, 0.6) is 0 Å². The smallest absolute Gasteiger partial charge is 0.240 e. The van der Waals surface area contributed by atoms with Crippen molar-refractivity contribution in [2.24, 2.45) is 0 Å². The zero-order chi connectivity index (χ0) is 22.3. The number of halogens is 3. The van der Waals surface area contributed by atoms with Gasteiger partial charge in [-0.1, -0.05) is 142 Å². The summed E-state index contributed by atoms with van der Waals surface area (Å²) in [5.41, 5.74) is -1.10. The Bertz CT molecular complexity index is 341. The molecule has 0 saturated heterocycles. The summed E-state index contributed by atoms with van der Waals surface area (Å²) in [7, 11) is -1.89. The van der Waals surface area contributed by atoms with Crippen molar-refractivity contribution in [3.05, 3.63) is 0 Å². The molecule has 0 N–H and O–H groups in total. The summed E-state index contributed by atoms with van der Waals surface area (Å²) in [4.78, 5) is 0. The van der Waals surface area contributed by atoms with Gasteiger partial charge in [0.2, 0.25) is 7.42 Å². The molecule has 0 heterocycles. The van der Waals surface area contributed by atoms with E-state index < -0.39 is 13.1 Å². The molecule has 0 saturated carbocycles. The molecule has 0 amide bonds. The zero-order valence-corrected chi connectivity index (χ0v) is 23.1. The maximum absolute atomic E-state index is 15.4. The van der Waals surface area contributed by atoms with Crippen molar-refractivity contribution in [2.75, 3.05) is 0 Å². The van der Waals surface area contributed by atoms with Crippen molar-refractivity contribution in [1.82, 2.24) is 0 Å². The second kappa shape index (κ2) is 22.9. The normalized spacial score (nSPS) is 13.8. The predicted molar refractivity (Wildman–Crippen MR) is 140 cm³/mol. The van der Waals surface area contributed by atoms with Crippen molar-refractivity contribution >= 4 is 29.6 Å². The van der Waals surface area contributed by atoms with Gasteiger partial charge in [0.15, 0.2) is 0 Å². The van der Waals surface area contributed by atoms with E-state index in [1.807, 2.05) is 0 Å². The first-order valence-corrected chi connectivity index (χ1v) is 17.8. The fourth-order valence-corrected chi connectivity index (χ4v) is 7.08. The van der Waals surface area contributed by atoms with Gasteiger partial charge in [0.1, 0.15) is 5.67 Å². The monoisotopic (exact) mass is 482 g/mol. The topological polar surface area (TPSA) is 0 Å². The van der Waals surface area contributed by atoms with Crippen LogP contribution < -0.4 is 0 Å². The number of hydrogen-bond donors (Lipinski definition) is 0. The molecule has 0 bridgehead atoms. The summed E-state index contributed by atoms with van der Waals surface area (Å²) in [5, 5.41) is 0. The molecule has 0 aliphatic heterocycles. The quantitative estimate of drug-likeness (QED) is 0.0727. The first-order valence-electron chi connectivity index (χ1n) is 13.5. The highest BCUT2D eigenvalue weighted by Gasteiger charge is 2.31. The fraction of sp³-hybridized carbons (Fsp3) is 1.00. The van der Waals surface area contributed by atoms with Gasteiger partial charge in [-0.15, -0.1) is 0 Å². The van der Waals surface area contributed by atoms with Gasteiger partial charge in [-0.05, 0) is 12.8 Å². The van der Waals surface area contributed by atoms with Gasteiger partial charge in [-0.2, -0.15) is 22.2 Å². The second-order valence-corrected chi connectivity index (χ2v) is 14.6. The van der Waals surface area contributed by atoms with Gasteiger partial charge in [0, 0.05) is 6.04 Å². The first kappa shape index (κ1) is 30.7. The fourth-order valence-electron chi connectivity index (χ4n) is 4.46. The van der Waals surface area contributed by atoms with Crippen LogP contribution in [0.3, 0.4) is 0 Å². The van der Waals surface area contributed by atoms with Crippen molar-refractivity contribution < 1.29 is 4.39 Å². The molecule has 0 aromatic heterocycles. The highest BCUT2D eigenvalue weighted by Crippen LogP contribution is 2.34. The van der Waals surface area contributed by atoms with Crippen LogP contribution in [-0.4, -0.2) is 13.1 Å². The third-order valence-electron chi connectivity index (χ3n) is 6.48. The third-order valence-corrected chi connectivity index (χ3v) is 8.44. The zero-order valence-electron chi connectivity index (χ0n) is 20.5. The Hall–Kier alpha value is 0.727. The Balaban J connectivity index is 3.68. The van der Waals surface area contributed by atoms with E-state index in [2.05, 4.69) is 13.8 Å². The minimum atomic E-state index is -1.89. The van der Waals surface area contributed by atoms with Gasteiger partial charge >= 0.3 is 0 Å². The number of rotatable bonds is 24. The van der Waals surface area contributed by atoms with E-state index in [9.17, 15) is 0 Å². The average molecular weight is 484 g/mol. The molecule has 4 heteroatoms. The Morgan fingerprint density at radius 1 is 0.500 bits per heavy atom. The second-order valence-electron chi connectivity index (χ2n) is 9.61. The lowest BCUT2D eigenvalue weighted by Gasteiger charge is -2.26. The van der Waals surface area contributed by atoms with Crippen LogP contribution >= 0.6 is 22.2 Å². The van der Waals surface area contributed by atoms with E-state index in [0.717, 1.165) is 25.7 Å². The average Bonchev–Trinajstić information content (AvgIpc) is 2.70. The molecule has 0 fully saturated rings. The van der Waals surface area contributed by atoms with E-state index in [1.165, 1.54) is 103 Å². The summed E-state index contributed by atoms with van der Waals surface area (Å²) in [6, 6.07) is 0.435. The van der Waals surface area contributed by atoms with Gasteiger partial charge in [0.05, 0.1) is 0 Å². The van der Waals surface area contributed by atoms with E-state index in [4.69, 9.17) is 22.2 Å². The molecule has 0 aliphatic rings. The molecule has 0 nitrogen and oxygen atoms in total. The van der Waals surface area contributed by atoms with Crippen LogP contribution in [0.15, 0.2) is 0 Å². The van der Waals surface area contributed by atoms with Crippen LogP contribution in [0.4, 0.5) is 4.39 Å². The Labute approximate surface area is 200 Å². The Morgan fingerprint density at radius 3 is 1.03 bits per heavy atom. The summed E-state index contributed by atoms with van der Waals surface area (Å²) in [6.45, 7) is 4.52. The standard InChI is InChI=1S/C26H53Cl2FSi/c1-3-5-7-9-11-12-13-14-15-16-18-20-22-24-26(29,25-30(27)28)23-21-19-17-10-8-6-4-2/h30H,3-25H2,1-2H3. The molecule has 0 aliphatic carbocycles. The maximum Gasteiger partial charge on any atom is 0.240 e. The highest BCUT2D eigenvalue weighted by atomic mass is 35.7. The van der Waals surface area contributed by atoms with Crippen molar-refractivity contribution in [3.63, 3.8) is 0 Å². The highest BCUT2D eigenvalue weighted by molar-refractivity contribution is 7.33. The predicted octanol–water partition coefficient (Wildman–Crippen LogP) is 11.0. The summed E-state index contributed by atoms with van der Waals surface area (Å²) in [6.07, 6.45) is 27.3. The molecule has 0 rings (SSSR count). The molecule has 1 atom stereocenters. The van der Waals surface area contributed by atoms with E-state index >= 15 is 4.39 Å². The van der Waals surface area contributed by atoms with Crippen molar-refractivity contribution in [1.29, 1.82) is 0 Å². The summed E-state index contributed by atoms with van der Waals surface area (Å²) >= 11 is 12.2. The van der Waals surface area contributed by atoms with Crippen molar-refractivity contribution in [3.8, 4) is 0 Å². The van der Waals surface area contributed by atoms with E-state index in [0.29, 0.717) is 18.9 Å². The van der Waals surface area contributed by atoms with Gasteiger partial charge in [-0.3, -0.25) is 0 Å². The molecular weight excluding hydrogens is 430 g/mol. The molecule has 0 spiro atoms. The number of unbranched alkanes of at least 4 members (excludes halogenated alkanes) is 18. The molecule has 182 valence electrons. The largest absolute Gasteiger partial charge is 0.244 e. The molecule has 1 unspecified atom stereocenters. The lowest BCUT2D eigenvalue weighted by Crippen LogP contribution is -2.26. The SMILES string of the molecule is CCCCCCCCCCCCCCCC(F)(CCCCCCCCC)C[SiH](Cl)Cl. The van der Waals surface area contributed by atoms with Gasteiger partial charge in [-0.25, -0.2) is 4.39 Å². The molecular formula is C26H53Cl2FSi. The third kappa shape index (κ3) is 21.9. The molecule has 0 aromatic rings. The molecule has 30 heavy (non-hydrogen) atoms. The van der Waals surface area contributed by atoms with Gasteiger partial charge < -0.3 is 0 Å². The van der Waals surface area contributed by atoms with Gasteiger partial charge in [0.25, 0.3) is 0 Å². The maximum atomic E-state index is 15.4. The van der Waals surface area contributed by atoms with Crippen LogP contribution in [0.25, 0.3) is 0 Å².